The number of fused-ring (bicyclic) bond motifs is 1. The summed E-state index contributed by atoms with van der Waals surface area (Å²) in [7, 11) is 0. The van der Waals surface area contributed by atoms with Crippen molar-refractivity contribution in [1.29, 1.82) is 0 Å². The lowest BCUT2D eigenvalue weighted by atomic mass is 9.96. The Morgan fingerprint density at radius 2 is 1.45 bits per heavy atom. The smallest absolute Gasteiger partial charge is 0.0890 e. The average molecular weight is 263 g/mol. The minimum atomic E-state index is -0.139. The Balaban J connectivity index is 2.05. The van der Waals surface area contributed by atoms with E-state index in [0.29, 0.717) is 0 Å². The third-order valence-electron chi connectivity index (χ3n) is 3.46. The summed E-state index contributed by atoms with van der Waals surface area (Å²) in [6.07, 6.45) is 3.40. The normalized spacial score (nSPS) is 12.6. The van der Waals surface area contributed by atoms with E-state index in [0.717, 1.165) is 22.2 Å². The van der Waals surface area contributed by atoms with Gasteiger partial charge in [-0.05, 0) is 37.1 Å². The van der Waals surface area contributed by atoms with Gasteiger partial charge in [0.1, 0.15) is 0 Å². The maximum Gasteiger partial charge on any atom is 0.0890 e. The van der Waals surface area contributed by atoms with Crippen LogP contribution in [0, 0.1) is 13.8 Å². The zero-order valence-electron chi connectivity index (χ0n) is 11.7. The number of rotatable bonds is 2. The van der Waals surface area contributed by atoms with Crippen LogP contribution in [0.25, 0.3) is 11.0 Å². The number of aromatic nitrogens is 2. The van der Waals surface area contributed by atoms with Crippen molar-refractivity contribution in [3.05, 3.63) is 71.0 Å². The quantitative estimate of drug-likeness (QED) is 0.771. The van der Waals surface area contributed by atoms with Crippen molar-refractivity contribution < 1.29 is 0 Å². The number of nitrogens with zero attached hydrogens (tertiary/aromatic N) is 2. The van der Waals surface area contributed by atoms with Crippen LogP contribution in [-0.4, -0.2) is 9.97 Å². The van der Waals surface area contributed by atoms with Crippen LogP contribution in [0.15, 0.2) is 48.8 Å². The largest absolute Gasteiger partial charge is 0.320 e. The van der Waals surface area contributed by atoms with Crippen LogP contribution in [-0.2, 0) is 0 Å². The second-order valence-electron chi connectivity index (χ2n) is 5.20. The molecule has 0 amide bonds. The molecule has 0 bridgehead atoms. The summed E-state index contributed by atoms with van der Waals surface area (Å²) in [6, 6.07) is 12.3. The standard InChI is InChI=1S/C17H17N3/c1-11-7-12(2)9-14(8-11)17(18)13-3-4-15-16(10-13)20-6-5-19-15/h3-10,17H,18H2,1-2H3. The molecule has 0 saturated carbocycles. The third-order valence-corrected chi connectivity index (χ3v) is 3.46. The zero-order chi connectivity index (χ0) is 14.1. The van der Waals surface area contributed by atoms with E-state index in [9.17, 15) is 0 Å². The van der Waals surface area contributed by atoms with E-state index < -0.39 is 0 Å². The summed E-state index contributed by atoms with van der Waals surface area (Å²) in [4.78, 5) is 8.61. The van der Waals surface area contributed by atoms with E-state index in [4.69, 9.17) is 5.73 Å². The molecule has 1 heterocycles. The highest BCUT2D eigenvalue weighted by Crippen LogP contribution is 2.23. The zero-order valence-corrected chi connectivity index (χ0v) is 11.7. The summed E-state index contributed by atoms with van der Waals surface area (Å²) >= 11 is 0. The highest BCUT2D eigenvalue weighted by Gasteiger charge is 2.11. The number of benzene rings is 2. The van der Waals surface area contributed by atoms with Gasteiger partial charge < -0.3 is 5.73 Å². The molecule has 2 N–H and O–H groups in total. The Kier molecular flexibility index (Phi) is 3.20. The molecular weight excluding hydrogens is 246 g/mol. The van der Waals surface area contributed by atoms with E-state index in [1.807, 2.05) is 18.2 Å². The molecule has 100 valence electrons. The van der Waals surface area contributed by atoms with Gasteiger partial charge in [0.2, 0.25) is 0 Å². The lowest BCUT2D eigenvalue weighted by Gasteiger charge is -2.14. The summed E-state index contributed by atoms with van der Waals surface area (Å²) in [5.74, 6) is 0. The lowest BCUT2D eigenvalue weighted by molar-refractivity contribution is 0.869. The molecule has 0 saturated heterocycles. The predicted molar refractivity (Wildman–Crippen MR) is 81.5 cm³/mol. The van der Waals surface area contributed by atoms with Crippen LogP contribution in [0.5, 0.6) is 0 Å². The molecule has 0 aliphatic heterocycles. The Bertz CT molecular complexity index is 745. The molecule has 3 rings (SSSR count). The van der Waals surface area contributed by atoms with Crippen LogP contribution >= 0.6 is 0 Å². The monoisotopic (exact) mass is 263 g/mol. The Morgan fingerprint density at radius 3 is 2.15 bits per heavy atom. The molecule has 0 aliphatic carbocycles. The molecule has 0 fully saturated rings. The molecule has 2 aromatic carbocycles. The predicted octanol–water partition coefficient (Wildman–Crippen LogP) is 3.29. The van der Waals surface area contributed by atoms with Gasteiger partial charge in [-0.15, -0.1) is 0 Å². The fourth-order valence-corrected chi connectivity index (χ4v) is 2.56. The highest BCUT2D eigenvalue weighted by atomic mass is 14.8. The molecule has 20 heavy (non-hydrogen) atoms. The number of hydrogen-bond donors (Lipinski definition) is 1. The molecule has 0 aliphatic rings. The Morgan fingerprint density at radius 1 is 0.800 bits per heavy atom. The second-order valence-corrected chi connectivity index (χ2v) is 5.20. The molecule has 1 aromatic heterocycles. The van der Waals surface area contributed by atoms with Crippen molar-refractivity contribution in [2.24, 2.45) is 5.73 Å². The van der Waals surface area contributed by atoms with E-state index >= 15 is 0 Å². The van der Waals surface area contributed by atoms with Gasteiger partial charge in [0.25, 0.3) is 0 Å². The van der Waals surface area contributed by atoms with Crippen LogP contribution in [0.3, 0.4) is 0 Å². The van der Waals surface area contributed by atoms with Gasteiger partial charge in [0, 0.05) is 12.4 Å². The number of aryl methyl sites for hydroxylation is 2. The van der Waals surface area contributed by atoms with Gasteiger partial charge >= 0.3 is 0 Å². The Hall–Kier alpha value is -2.26. The van der Waals surface area contributed by atoms with Gasteiger partial charge in [-0.25, -0.2) is 0 Å². The first kappa shape index (κ1) is 12.8. The van der Waals surface area contributed by atoms with E-state index in [1.165, 1.54) is 11.1 Å². The summed E-state index contributed by atoms with van der Waals surface area (Å²) in [5.41, 5.74) is 12.8. The average Bonchev–Trinajstić information content (AvgIpc) is 2.45. The molecular formula is C17H17N3. The Labute approximate surface area is 118 Å². The molecule has 0 spiro atoms. The first-order valence-electron chi connectivity index (χ1n) is 6.68. The summed E-state index contributed by atoms with van der Waals surface area (Å²) in [6.45, 7) is 4.18. The van der Waals surface area contributed by atoms with Crippen molar-refractivity contribution in [2.75, 3.05) is 0 Å². The van der Waals surface area contributed by atoms with Crippen molar-refractivity contribution in [2.45, 2.75) is 19.9 Å². The van der Waals surface area contributed by atoms with Gasteiger partial charge in [0.15, 0.2) is 0 Å². The van der Waals surface area contributed by atoms with Crippen LogP contribution in [0.1, 0.15) is 28.3 Å². The van der Waals surface area contributed by atoms with Gasteiger partial charge in [-0.1, -0.05) is 35.4 Å². The molecule has 1 atom stereocenters. The summed E-state index contributed by atoms with van der Waals surface area (Å²) in [5, 5.41) is 0. The molecule has 3 heteroatoms. The number of nitrogens with two attached hydrogens (primary N) is 1. The maximum atomic E-state index is 6.40. The van der Waals surface area contributed by atoms with Crippen molar-refractivity contribution >= 4 is 11.0 Å². The molecule has 1 unspecified atom stereocenters. The van der Waals surface area contributed by atoms with Crippen LogP contribution < -0.4 is 5.73 Å². The van der Waals surface area contributed by atoms with Crippen molar-refractivity contribution in [1.82, 2.24) is 9.97 Å². The molecule has 3 nitrogen and oxygen atoms in total. The third kappa shape index (κ3) is 2.40. The first-order valence-corrected chi connectivity index (χ1v) is 6.68. The molecule has 0 radical (unpaired) electrons. The fourth-order valence-electron chi connectivity index (χ4n) is 2.56. The van der Waals surface area contributed by atoms with Crippen molar-refractivity contribution in [3.8, 4) is 0 Å². The van der Waals surface area contributed by atoms with Crippen LogP contribution in [0.2, 0.25) is 0 Å². The van der Waals surface area contributed by atoms with E-state index in [1.54, 1.807) is 12.4 Å². The van der Waals surface area contributed by atoms with Gasteiger partial charge in [-0.3, -0.25) is 9.97 Å². The van der Waals surface area contributed by atoms with Gasteiger partial charge in [-0.2, -0.15) is 0 Å². The minimum Gasteiger partial charge on any atom is -0.320 e. The first-order chi connectivity index (χ1) is 9.63. The lowest BCUT2D eigenvalue weighted by Crippen LogP contribution is -2.12. The van der Waals surface area contributed by atoms with Gasteiger partial charge in [0.05, 0.1) is 17.1 Å². The SMILES string of the molecule is Cc1cc(C)cc(C(N)c2ccc3nccnc3c2)c1. The minimum absolute atomic E-state index is 0.139. The van der Waals surface area contributed by atoms with E-state index in [-0.39, 0.29) is 6.04 Å². The fraction of sp³-hybridized carbons (Fsp3) is 0.176. The molecule has 3 aromatic rings. The van der Waals surface area contributed by atoms with Crippen molar-refractivity contribution in [3.63, 3.8) is 0 Å². The highest BCUT2D eigenvalue weighted by molar-refractivity contribution is 5.74. The van der Waals surface area contributed by atoms with E-state index in [2.05, 4.69) is 42.0 Å². The topological polar surface area (TPSA) is 51.8 Å². The number of hydrogen-bond acceptors (Lipinski definition) is 3. The maximum absolute atomic E-state index is 6.40. The van der Waals surface area contributed by atoms with Crippen LogP contribution in [0.4, 0.5) is 0 Å². The second kappa shape index (κ2) is 5.02. The summed E-state index contributed by atoms with van der Waals surface area (Å²) < 4.78 is 0.